The number of imidazole rings is 1. The van der Waals surface area contributed by atoms with Crippen molar-refractivity contribution in [2.75, 3.05) is 7.11 Å². The fraction of sp³-hybridized carbons (Fsp3) is 0.750. The Kier molecular flexibility index (Phi) is 4.77. The van der Waals surface area contributed by atoms with Gasteiger partial charge in [-0.1, -0.05) is 11.8 Å². The summed E-state index contributed by atoms with van der Waals surface area (Å²) < 4.78 is 7.55. The Morgan fingerprint density at radius 1 is 1.59 bits per heavy atom. The Bertz CT molecular complexity index is 369. The number of nitrogens with zero attached hydrogens (tertiary/aromatic N) is 2. The first-order valence-corrected chi connectivity index (χ1v) is 7.42. The molecule has 2 atom stereocenters. The number of rotatable bonds is 4. The van der Waals surface area contributed by atoms with Gasteiger partial charge in [-0.3, -0.25) is 0 Å². The Hall–Kier alpha value is -0.190. The fourth-order valence-electron chi connectivity index (χ4n) is 2.23. The highest BCUT2D eigenvalue weighted by Crippen LogP contribution is 2.34. The Labute approximate surface area is 112 Å². The predicted octanol–water partition coefficient (Wildman–Crippen LogP) is 3.21. The zero-order valence-corrected chi connectivity index (χ0v) is 11.9. The number of hydrogen-bond donors (Lipinski definition) is 0. The highest BCUT2D eigenvalue weighted by Gasteiger charge is 2.23. The molecule has 5 heteroatoms. The highest BCUT2D eigenvalue weighted by atomic mass is 35.5. The normalized spacial score (nSPS) is 25.1. The molecule has 96 valence electrons. The van der Waals surface area contributed by atoms with Crippen molar-refractivity contribution in [1.29, 1.82) is 0 Å². The maximum absolute atomic E-state index is 5.84. The average Bonchev–Trinajstić information content (AvgIpc) is 2.71. The number of hydrogen-bond acceptors (Lipinski definition) is 3. The predicted molar refractivity (Wildman–Crippen MR) is 71.7 cm³/mol. The van der Waals surface area contributed by atoms with E-state index in [-0.39, 0.29) is 0 Å². The maximum atomic E-state index is 5.84. The molecule has 0 radical (unpaired) electrons. The first-order chi connectivity index (χ1) is 8.24. The SMILES string of the molecule is COC1CCCC(Sc2ncc(CCl)n2C)C1. The van der Waals surface area contributed by atoms with Gasteiger partial charge < -0.3 is 9.30 Å². The lowest BCUT2D eigenvalue weighted by Crippen LogP contribution is -2.23. The van der Waals surface area contributed by atoms with E-state index < -0.39 is 0 Å². The van der Waals surface area contributed by atoms with Gasteiger partial charge in [-0.05, 0) is 25.7 Å². The number of aromatic nitrogens is 2. The summed E-state index contributed by atoms with van der Waals surface area (Å²) in [5.74, 6) is 0.523. The van der Waals surface area contributed by atoms with Crippen molar-refractivity contribution < 1.29 is 4.74 Å². The summed E-state index contributed by atoms with van der Waals surface area (Å²) in [4.78, 5) is 4.43. The van der Waals surface area contributed by atoms with E-state index in [4.69, 9.17) is 16.3 Å². The van der Waals surface area contributed by atoms with Gasteiger partial charge in [-0.25, -0.2) is 4.98 Å². The van der Waals surface area contributed by atoms with Crippen LogP contribution in [-0.2, 0) is 17.7 Å². The molecule has 1 saturated carbocycles. The van der Waals surface area contributed by atoms with Gasteiger partial charge in [0.25, 0.3) is 0 Å². The topological polar surface area (TPSA) is 27.1 Å². The van der Waals surface area contributed by atoms with Crippen LogP contribution in [0, 0.1) is 0 Å². The van der Waals surface area contributed by atoms with Crippen LogP contribution >= 0.6 is 23.4 Å². The molecule has 0 aromatic carbocycles. The van der Waals surface area contributed by atoms with Gasteiger partial charge in [0.15, 0.2) is 5.16 Å². The van der Waals surface area contributed by atoms with Crippen LogP contribution in [0.4, 0.5) is 0 Å². The van der Waals surface area contributed by atoms with Gasteiger partial charge in [0.2, 0.25) is 0 Å². The minimum absolute atomic E-state index is 0.425. The van der Waals surface area contributed by atoms with Crippen molar-refractivity contribution in [3.05, 3.63) is 11.9 Å². The summed E-state index contributed by atoms with van der Waals surface area (Å²) in [6, 6.07) is 0. The smallest absolute Gasteiger partial charge is 0.168 e. The molecular weight excluding hydrogens is 256 g/mol. The van der Waals surface area contributed by atoms with Gasteiger partial charge >= 0.3 is 0 Å². The second-order valence-electron chi connectivity index (χ2n) is 4.49. The van der Waals surface area contributed by atoms with E-state index in [9.17, 15) is 0 Å². The molecule has 17 heavy (non-hydrogen) atoms. The standard InChI is InChI=1S/C12H19ClN2OS/c1-15-9(7-13)8-14-12(15)17-11-5-3-4-10(6-11)16-2/h8,10-11H,3-7H2,1-2H3. The molecule has 0 aliphatic heterocycles. The van der Waals surface area contributed by atoms with Crippen molar-refractivity contribution >= 4 is 23.4 Å². The summed E-state index contributed by atoms with van der Waals surface area (Å²) >= 11 is 7.70. The molecular formula is C12H19ClN2OS. The Morgan fingerprint density at radius 2 is 2.41 bits per heavy atom. The third kappa shape index (κ3) is 3.18. The first-order valence-electron chi connectivity index (χ1n) is 6.00. The van der Waals surface area contributed by atoms with Crippen molar-refractivity contribution in [3.63, 3.8) is 0 Å². The molecule has 1 aliphatic carbocycles. The van der Waals surface area contributed by atoms with Crippen molar-refractivity contribution in [3.8, 4) is 0 Å². The summed E-state index contributed by atoms with van der Waals surface area (Å²) in [7, 11) is 3.84. The molecule has 1 aromatic rings. The van der Waals surface area contributed by atoms with E-state index in [2.05, 4.69) is 9.55 Å². The molecule has 1 heterocycles. The Balaban J connectivity index is 1.97. The average molecular weight is 275 g/mol. The number of methoxy groups -OCH3 is 1. The van der Waals surface area contributed by atoms with Crippen LogP contribution in [0.1, 0.15) is 31.4 Å². The third-order valence-electron chi connectivity index (χ3n) is 3.36. The van der Waals surface area contributed by atoms with Gasteiger partial charge in [-0.2, -0.15) is 0 Å². The molecule has 1 aromatic heterocycles. The molecule has 2 unspecified atom stereocenters. The molecule has 0 amide bonds. The van der Waals surface area contributed by atoms with E-state index in [1.54, 1.807) is 0 Å². The lowest BCUT2D eigenvalue weighted by Gasteiger charge is -2.27. The van der Waals surface area contributed by atoms with Crippen LogP contribution in [0.25, 0.3) is 0 Å². The molecule has 2 rings (SSSR count). The summed E-state index contributed by atoms with van der Waals surface area (Å²) in [6.07, 6.45) is 7.13. The van der Waals surface area contributed by atoms with E-state index >= 15 is 0 Å². The van der Waals surface area contributed by atoms with Gasteiger partial charge in [-0.15, -0.1) is 11.6 Å². The van der Waals surface area contributed by atoms with Crippen LogP contribution in [0.15, 0.2) is 11.4 Å². The third-order valence-corrected chi connectivity index (χ3v) is 4.99. The van der Waals surface area contributed by atoms with Crippen LogP contribution in [0.3, 0.4) is 0 Å². The number of alkyl halides is 1. The molecule has 1 aliphatic rings. The largest absolute Gasteiger partial charge is 0.381 e. The van der Waals surface area contributed by atoms with Crippen molar-refractivity contribution in [1.82, 2.24) is 9.55 Å². The Morgan fingerprint density at radius 3 is 3.06 bits per heavy atom. The molecule has 0 spiro atoms. The number of thioether (sulfide) groups is 1. The van der Waals surface area contributed by atoms with E-state index in [0.717, 1.165) is 17.3 Å². The van der Waals surface area contributed by atoms with Crippen LogP contribution in [-0.4, -0.2) is 28.0 Å². The fourth-order valence-corrected chi connectivity index (χ4v) is 3.76. The number of ether oxygens (including phenoxy) is 1. The second-order valence-corrected chi connectivity index (χ2v) is 6.02. The van der Waals surface area contributed by atoms with E-state index in [1.165, 1.54) is 19.3 Å². The molecule has 3 nitrogen and oxygen atoms in total. The summed E-state index contributed by atoms with van der Waals surface area (Å²) in [6.45, 7) is 0. The molecule has 0 saturated heterocycles. The monoisotopic (exact) mass is 274 g/mol. The molecule has 0 bridgehead atoms. The van der Waals surface area contributed by atoms with Crippen molar-refractivity contribution in [2.24, 2.45) is 7.05 Å². The highest BCUT2D eigenvalue weighted by molar-refractivity contribution is 7.99. The quantitative estimate of drug-likeness (QED) is 0.789. The van der Waals surface area contributed by atoms with Crippen LogP contribution < -0.4 is 0 Å². The van der Waals surface area contributed by atoms with Gasteiger partial charge in [0, 0.05) is 19.4 Å². The molecule has 1 fully saturated rings. The lowest BCUT2D eigenvalue weighted by atomic mass is 9.97. The van der Waals surface area contributed by atoms with Crippen molar-refractivity contribution in [2.45, 2.75) is 48.1 Å². The van der Waals surface area contributed by atoms with Crippen LogP contribution in [0.2, 0.25) is 0 Å². The first kappa shape index (κ1) is 13.2. The lowest BCUT2D eigenvalue weighted by molar-refractivity contribution is 0.0730. The molecule has 0 N–H and O–H groups in total. The minimum atomic E-state index is 0.425. The summed E-state index contributed by atoms with van der Waals surface area (Å²) in [5, 5.41) is 1.69. The van der Waals surface area contributed by atoms with Gasteiger partial charge in [0.05, 0.1) is 23.9 Å². The van der Waals surface area contributed by atoms with E-state index in [0.29, 0.717) is 17.2 Å². The maximum Gasteiger partial charge on any atom is 0.168 e. The zero-order chi connectivity index (χ0) is 12.3. The van der Waals surface area contributed by atoms with E-state index in [1.807, 2.05) is 32.1 Å². The minimum Gasteiger partial charge on any atom is -0.381 e. The van der Waals surface area contributed by atoms with Crippen LogP contribution in [0.5, 0.6) is 0 Å². The summed E-state index contributed by atoms with van der Waals surface area (Å²) in [5.41, 5.74) is 1.08. The van der Waals surface area contributed by atoms with Gasteiger partial charge in [0.1, 0.15) is 0 Å². The number of halogens is 1. The second kappa shape index (κ2) is 6.12. The zero-order valence-electron chi connectivity index (χ0n) is 10.4.